The number of carbonyl (C=O) groups excluding carboxylic acids is 1. The monoisotopic (exact) mass is 465 g/mol. The number of nitrogens with zero attached hydrogens (tertiary/aromatic N) is 1. The lowest BCUT2D eigenvalue weighted by Gasteiger charge is -2.47. The predicted molar refractivity (Wildman–Crippen MR) is 136 cm³/mol. The summed E-state index contributed by atoms with van der Waals surface area (Å²) in [6, 6.07) is 17.7. The maximum atomic E-state index is 12.9. The summed E-state index contributed by atoms with van der Waals surface area (Å²) in [5, 5.41) is 11.7. The first-order valence-corrected chi connectivity index (χ1v) is 15.3. The van der Waals surface area contributed by atoms with Crippen molar-refractivity contribution in [2.75, 3.05) is 13.1 Å². The van der Waals surface area contributed by atoms with Gasteiger partial charge in [-0.3, -0.25) is 4.79 Å². The van der Waals surface area contributed by atoms with E-state index in [0.717, 1.165) is 55.6 Å². The minimum absolute atomic E-state index is 0.132. The van der Waals surface area contributed by atoms with Crippen LogP contribution in [0.4, 0.5) is 0 Å². The van der Waals surface area contributed by atoms with Crippen molar-refractivity contribution >= 4 is 14.2 Å². The van der Waals surface area contributed by atoms with Gasteiger partial charge in [-0.05, 0) is 85.5 Å². The van der Waals surface area contributed by atoms with Crippen LogP contribution in [0.5, 0.6) is 5.75 Å². The molecule has 1 aliphatic carbocycles. The second-order valence-electron chi connectivity index (χ2n) is 11.6. The lowest BCUT2D eigenvalue weighted by atomic mass is 9.66. The van der Waals surface area contributed by atoms with Gasteiger partial charge in [0.2, 0.25) is 8.32 Å². The fourth-order valence-electron chi connectivity index (χ4n) is 5.13. The third-order valence-corrected chi connectivity index (χ3v) is 12.7. The zero-order valence-corrected chi connectivity index (χ0v) is 21.8. The molecule has 1 saturated carbocycles. The molecule has 1 heterocycles. The summed E-state index contributed by atoms with van der Waals surface area (Å²) in [6.07, 6.45) is 3.41. The minimum atomic E-state index is -1.88. The van der Waals surface area contributed by atoms with E-state index in [1.165, 1.54) is 0 Å². The second-order valence-corrected chi connectivity index (χ2v) is 16.3. The van der Waals surface area contributed by atoms with Crippen molar-refractivity contribution in [1.29, 1.82) is 0 Å². The van der Waals surface area contributed by atoms with Crippen LogP contribution in [0.3, 0.4) is 0 Å². The van der Waals surface area contributed by atoms with E-state index in [2.05, 4.69) is 46.0 Å². The smallest absolute Gasteiger partial charge is 0.253 e. The summed E-state index contributed by atoms with van der Waals surface area (Å²) in [6.45, 7) is 12.8. The summed E-state index contributed by atoms with van der Waals surface area (Å²) in [7, 11) is -1.88. The van der Waals surface area contributed by atoms with Gasteiger partial charge in [-0.15, -0.1) is 0 Å². The number of piperidine rings is 1. The van der Waals surface area contributed by atoms with E-state index >= 15 is 0 Å². The normalized spacial score (nSPS) is 25.9. The van der Waals surface area contributed by atoms with Gasteiger partial charge in [-0.1, -0.05) is 51.1 Å². The summed E-state index contributed by atoms with van der Waals surface area (Å²) < 4.78 is 6.42. The van der Waals surface area contributed by atoms with Crippen LogP contribution < -0.4 is 4.43 Å². The highest BCUT2D eigenvalue weighted by molar-refractivity contribution is 6.74. The zero-order valence-electron chi connectivity index (χ0n) is 20.8. The maximum Gasteiger partial charge on any atom is 0.253 e. The molecule has 178 valence electrons. The Morgan fingerprint density at radius 2 is 1.70 bits per heavy atom. The van der Waals surface area contributed by atoms with Crippen LogP contribution in [0.15, 0.2) is 54.6 Å². The standard InChI is InChI=1S/C28H39NO3Si/c1-27(2,3)33(4,5)32-25-13-11-24(12-14-25)28(31)17-15-23-20-29(18-16-22(23)19-28)26(30)21-9-7-6-8-10-21/h6-14,22-23,31H,15-20H2,1-5H3. The number of aliphatic hydroxyl groups is 1. The molecule has 2 aromatic rings. The number of benzene rings is 2. The molecule has 1 N–H and O–H groups in total. The number of rotatable bonds is 4. The summed E-state index contributed by atoms with van der Waals surface area (Å²) in [5.41, 5.74) is 0.969. The van der Waals surface area contributed by atoms with E-state index in [-0.39, 0.29) is 10.9 Å². The predicted octanol–water partition coefficient (Wildman–Crippen LogP) is 6.22. The molecule has 4 nitrogen and oxygen atoms in total. The van der Waals surface area contributed by atoms with Crippen LogP contribution >= 0.6 is 0 Å². The van der Waals surface area contributed by atoms with E-state index in [4.69, 9.17) is 4.43 Å². The molecular weight excluding hydrogens is 426 g/mol. The van der Waals surface area contributed by atoms with Gasteiger partial charge in [0.1, 0.15) is 5.75 Å². The average molecular weight is 466 g/mol. The first kappa shape index (κ1) is 24.0. The molecule has 2 aliphatic rings. The fourth-order valence-corrected chi connectivity index (χ4v) is 6.16. The lowest BCUT2D eigenvalue weighted by Crippen LogP contribution is -2.48. The molecule has 3 atom stereocenters. The molecule has 1 amide bonds. The van der Waals surface area contributed by atoms with Crippen molar-refractivity contribution in [3.63, 3.8) is 0 Å². The summed E-state index contributed by atoms with van der Waals surface area (Å²) in [5.74, 6) is 1.95. The first-order valence-electron chi connectivity index (χ1n) is 12.3. The molecule has 0 spiro atoms. The van der Waals surface area contributed by atoms with Crippen LogP contribution in [0, 0.1) is 11.8 Å². The average Bonchev–Trinajstić information content (AvgIpc) is 2.78. The van der Waals surface area contributed by atoms with Crippen LogP contribution in [0.2, 0.25) is 18.1 Å². The minimum Gasteiger partial charge on any atom is -0.544 e. The van der Waals surface area contributed by atoms with Crippen molar-refractivity contribution in [3.05, 3.63) is 65.7 Å². The van der Waals surface area contributed by atoms with E-state index in [9.17, 15) is 9.90 Å². The molecular formula is C28H39NO3Si. The largest absolute Gasteiger partial charge is 0.544 e. The molecule has 5 heteroatoms. The topological polar surface area (TPSA) is 49.8 Å². The van der Waals surface area contributed by atoms with Gasteiger partial charge in [0.05, 0.1) is 5.60 Å². The van der Waals surface area contributed by atoms with Gasteiger partial charge < -0.3 is 14.4 Å². The number of likely N-dealkylation sites (tertiary alicyclic amines) is 1. The van der Waals surface area contributed by atoms with Gasteiger partial charge in [0.15, 0.2) is 0 Å². The molecule has 0 radical (unpaired) electrons. The Morgan fingerprint density at radius 1 is 1.03 bits per heavy atom. The number of hydrogen-bond acceptors (Lipinski definition) is 3. The molecule has 1 saturated heterocycles. The number of carbonyl (C=O) groups is 1. The van der Waals surface area contributed by atoms with Gasteiger partial charge in [0.25, 0.3) is 5.91 Å². The number of hydrogen-bond donors (Lipinski definition) is 1. The Balaban J connectivity index is 1.40. The van der Waals surface area contributed by atoms with Crippen molar-refractivity contribution < 1.29 is 14.3 Å². The van der Waals surface area contributed by atoms with Gasteiger partial charge in [-0.25, -0.2) is 0 Å². The van der Waals surface area contributed by atoms with Crippen LogP contribution in [0.1, 0.15) is 62.4 Å². The van der Waals surface area contributed by atoms with E-state index in [0.29, 0.717) is 11.8 Å². The van der Waals surface area contributed by atoms with E-state index in [1.54, 1.807) is 0 Å². The second kappa shape index (κ2) is 8.92. The molecule has 1 aliphatic heterocycles. The van der Waals surface area contributed by atoms with E-state index < -0.39 is 13.9 Å². The van der Waals surface area contributed by atoms with Crippen molar-refractivity contribution in [2.24, 2.45) is 11.8 Å². The molecule has 2 fully saturated rings. The van der Waals surface area contributed by atoms with Crippen LogP contribution in [-0.2, 0) is 5.60 Å². The number of fused-ring (bicyclic) bond motifs is 1. The lowest BCUT2D eigenvalue weighted by molar-refractivity contribution is -0.0575. The Hall–Kier alpha value is -2.11. The first-order chi connectivity index (χ1) is 15.5. The van der Waals surface area contributed by atoms with Crippen molar-refractivity contribution in [2.45, 2.75) is 70.2 Å². The Morgan fingerprint density at radius 3 is 2.33 bits per heavy atom. The fraction of sp³-hybridized carbons (Fsp3) is 0.536. The highest BCUT2D eigenvalue weighted by Crippen LogP contribution is 2.46. The van der Waals surface area contributed by atoms with Crippen LogP contribution in [-0.4, -0.2) is 37.3 Å². The van der Waals surface area contributed by atoms with Crippen molar-refractivity contribution in [3.8, 4) is 5.75 Å². The molecule has 0 bridgehead atoms. The van der Waals surface area contributed by atoms with E-state index in [1.807, 2.05) is 47.4 Å². The molecule has 0 aromatic heterocycles. The SMILES string of the molecule is CC(C)(C)[Si](C)(C)Oc1ccc(C2(O)CCC3CN(C(=O)c4ccccc4)CCC3C2)cc1. The van der Waals surface area contributed by atoms with Crippen molar-refractivity contribution in [1.82, 2.24) is 4.90 Å². The quantitative estimate of drug-likeness (QED) is 0.545. The third kappa shape index (κ3) is 5.04. The number of amides is 1. The van der Waals surface area contributed by atoms with Gasteiger partial charge >= 0.3 is 0 Å². The Labute approximate surface area is 200 Å². The maximum absolute atomic E-state index is 12.9. The highest BCUT2D eigenvalue weighted by Gasteiger charge is 2.44. The molecule has 2 aromatic carbocycles. The Kier molecular flexibility index (Phi) is 6.49. The van der Waals surface area contributed by atoms with Gasteiger partial charge in [0, 0.05) is 18.7 Å². The molecule has 4 rings (SSSR count). The van der Waals surface area contributed by atoms with Gasteiger partial charge in [-0.2, -0.15) is 0 Å². The summed E-state index contributed by atoms with van der Waals surface area (Å²) >= 11 is 0. The van der Waals surface area contributed by atoms with Crippen LogP contribution in [0.25, 0.3) is 0 Å². The highest BCUT2D eigenvalue weighted by atomic mass is 28.4. The molecule has 33 heavy (non-hydrogen) atoms. The molecule has 3 unspecified atom stereocenters. The summed E-state index contributed by atoms with van der Waals surface area (Å²) in [4.78, 5) is 14.9. The Bertz CT molecular complexity index is 967. The third-order valence-electron chi connectivity index (χ3n) is 8.30. The zero-order chi connectivity index (χ0) is 23.9.